The maximum absolute atomic E-state index is 13.6. The number of carbonyl (C=O) groups excluding carboxylic acids is 2. The van der Waals surface area contributed by atoms with Gasteiger partial charge in [-0.15, -0.1) is 0 Å². The lowest BCUT2D eigenvalue weighted by Gasteiger charge is -2.42. The fourth-order valence-electron chi connectivity index (χ4n) is 4.66. The lowest BCUT2D eigenvalue weighted by atomic mass is 10.0. The molecule has 3 aromatic rings. The Morgan fingerprint density at radius 2 is 1.69 bits per heavy atom. The summed E-state index contributed by atoms with van der Waals surface area (Å²) in [4.78, 5) is 32.5. The van der Waals surface area contributed by atoms with Gasteiger partial charge in [-0.2, -0.15) is 4.31 Å². The van der Waals surface area contributed by atoms with Crippen molar-refractivity contribution in [2.24, 2.45) is 5.92 Å². The first-order valence-electron chi connectivity index (χ1n) is 11.7. The fourth-order valence-corrected chi connectivity index (χ4v) is 6.19. The smallest absolute Gasteiger partial charge is 0.243 e. The molecule has 1 aromatic heterocycles. The normalized spacial score (nSPS) is 17.2. The number of nitrogens with one attached hydrogen (secondary N) is 1. The van der Waals surface area contributed by atoms with Crippen LogP contribution in [0.25, 0.3) is 10.9 Å². The van der Waals surface area contributed by atoms with Crippen molar-refractivity contribution < 1.29 is 22.4 Å². The molecule has 2 aromatic carbocycles. The van der Waals surface area contributed by atoms with Gasteiger partial charge in [-0.3, -0.25) is 14.6 Å². The molecule has 0 unspecified atom stereocenters. The van der Waals surface area contributed by atoms with E-state index in [0.29, 0.717) is 37.4 Å². The van der Waals surface area contributed by atoms with Crippen molar-refractivity contribution in [3.05, 3.63) is 60.5 Å². The third-order valence-corrected chi connectivity index (χ3v) is 8.47. The van der Waals surface area contributed by atoms with Crippen LogP contribution >= 0.6 is 0 Å². The van der Waals surface area contributed by atoms with E-state index in [-0.39, 0.29) is 41.5 Å². The number of anilines is 2. The van der Waals surface area contributed by atoms with Crippen LogP contribution in [0.2, 0.25) is 0 Å². The van der Waals surface area contributed by atoms with Gasteiger partial charge in [0.15, 0.2) is 0 Å². The summed E-state index contributed by atoms with van der Waals surface area (Å²) in [5.41, 5.74) is 2.06. The Bertz CT molecular complexity index is 1420. The predicted octanol–water partition coefficient (Wildman–Crippen LogP) is 2.30. The van der Waals surface area contributed by atoms with Crippen LogP contribution < -0.4 is 10.2 Å². The molecule has 2 amide bonds. The van der Waals surface area contributed by atoms with Crippen molar-refractivity contribution in [1.82, 2.24) is 14.2 Å². The molecule has 0 saturated carbocycles. The summed E-state index contributed by atoms with van der Waals surface area (Å²) in [5.74, 6) is -0.973. The number of benzene rings is 2. The topological polar surface area (TPSA) is 103 Å². The van der Waals surface area contributed by atoms with Crippen LogP contribution in [0.5, 0.6) is 0 Å². The molecule has 5 rings (SSSR count). The van der Waals surface area contributed by atoms with Gasteiger partial charge in [0.25, 0.3) is 0 Å². The molecule has 36 heavy (non-hydrogen) atoms. The van der Waals surface area contributed by atoms with Crippen molar-refractivity contribution >= 4 is 44.1 Å². The van der Waals surface area contributed by atoms with Crippen LogP contribution in [0, 0.1) is 11.7 Å². The Hall–Kier alpha value is -3.57. The Kier molecular flexibility index (Phi) is 6.35. The molecule has 3 heterocycles. The first-order valence-corrected chi connectivity index (χ1v) is 13.1. The summed E-state index contributed by atoms with van der Waals surface area (Å²) in [6.07, 6.45) is 1.66. The van der Waals surface area contributed by atoms with Crippen LogP contribution in [-0.2, 0) is 19.6 Å². The standard InChI is InChI=1S/C25H26FN5O4S/c1-17(32)28-20-3-5-21(6-4-20)36(34,35)31-15-18(16-31)25(33)30-12-10-29(11-13-30)24-8-9-27-23-14-19(26)2-7-22(23)24/h2-9,14,18H,10-13,15-16H2,1H3,(H,28,32). The highest BCUT2D eigenvalue weighted by molar-refractivity contribution is 7.89. The minimum atomic E-state index is -3.70. The number of pyridine rings is 1. The van der Waals surface area contributed by atoms with Crippen molar-refractivity contribution in [2.45, 2.75) is 11.8 Å². The van der Waals surface area contributed by atoms with Gasteiger partial charge in [-0.1, -0.05) is 0 Å². The first kappa shape index (κ1) is 24.1. The average molecular weight is 512 g/mol. The van der Waals surface area contributed by atoms with Crippen LogP contribution in [0.1, 0.15) is 6.92 Å². The van der Waals surface area contributed by atoms with E-state index in [1.807, 2.05) is 6.07 Å². The molecule has 2 aliphatic rings. The minimum absolute atomic E-state index is 0.0382. The van der Waals surface area contributed by atoms with E-state index in [9.17, 15) is 22.4 Å². The zero-order valence-corrected chi connectivity index (χ0v) is 20.5. The second kappa shape index (κ2) is 9.47. The number of carbonyl (C=O) groups is 2. The average Bonchev–Trinajstić information content (AvgIpc) is 2.82. The fraction of sp³-hybridized carbons (Fsp3) is 0.320. The molecule has 0 radical (unpaired) electrons. The molecule has 0 spiro atoms. The number of hydrogen-bond acceptors (Lipinski definition) is 6. The zero-order valence-electron chi connectivity index (χ0n) is 19.7. The van der Waals surface area contributed by atoms with Crippen molar-refractivity contribution in [3.8, 4) is 0 Å². The quantitative estimate of drug-likeness (QED) is 0.564. The zero-order chi connectivity index (χ0) is 25.4. The molecular weight excluding hydrogens is 485 g/mol. The van der Waals surface area contributed by atoms with E-state index < -0.39 is 10.0 Å². The van der Waals surface area contributed by atoms with Crippen molar-refractivity contribution in [2.75, 3.05) is 49.5 Å². The van der Waals surface area contributed by atoms with Gasteiger partial charge >= 0.3 is 0 Å². The first-order chi connectivity index (χ1) is 17.2. The van der Waals surface area contributed by atoms with E-state index in [1.54, 1.807) is 29.3 Å². The molecule has 2 fully saturated rings. The number of halogens is 1. The number of nitrogens with zero attached hydrogens (tertiary/aromatic N) is 4. The molecule has 2 saturated heterocycles. The van der Waals surface area contributed by atoms with Crippen molar-refractivity contribution in [3.63, 3.8) is 0 Å². The molecule has 0 atom stereocenters. The Labute approximate surface area is 208 Å². The molecule has 9 nitrogen and oxygen atoms in total. The predicted molar refractivity (Wildman–Crippen MR) is 133 cm³/mol. The van der Waals surface area contributed by atoms with Crippen LogP contribution in [-0.4, -0.2) is 73.7 Å². The van der Waals surface area contributed by atoms with Gasteiger partial charge in [0, 0.05) is 75.2 Å². The van der Waals surface area contributed by atoms with Crippen molar-refractivity contribution in [1.29, 1.82) is 0 Å². The van der Waals surface area contributed by atoms with Gasteiger partial charge in [-0.05, 0) is 42.5 Å². The number of fused-ring (bicyclic) bond motifs is 1. The molecular formula is C25H26FN5O4S. The summed E-state index contributed by atoms with van der Waals surface area (Å²) in [5, 5.41) is 3.47. The highest BCUT2D eigenvalue weighted by atomic mass is 32.2. The van der Waals surface area contributed by atoms with Gasteiger partial charge in [0.2, 0.25) is 21.8 Å². The highest BCUT2D eigenvalue weighted by Crippen LogP contribution is 2.29. The molecule has 188 valence electrons. The summed E-state index contributed by atoms with van der Waals surface area (Å²) in [7, 11) is -3.70. The van der Waals surface area contributed by atoms with Gasteiger partial charge in [0.1, 0.15) is 5.82 Å². The maximum Gasteiger partial charge on any atom is 0.243 e. The highest BCUT2D eigenvalue weighted by Gasteiger charge is 2.42. The minimum Gasteiger partial charge on any atom is -0.367 e. The molecule has 0 aliphatic carbocycles. The summed E-state index contributed by atoms with van der Waals surface area (Å²) >= 11 is 0. The number of hydrogen-bond donors (Lipinski definition) is 1. The summed E-state index contributed by atoms with van der Waals surface area (Å²) in [6.45, 7) is 3.97. The van der Waals surface area contributed by atoms with Crippen LogP contribution in [0.3, 0.4) is 0 Å². The molecule has 2 aliphatic heterocycles. The number of amides is 2. The Morgan fingerprint density at radius 1 is 1.00 bits per heavy atom. The monoisotopic (exact) mass is 511 g/mol. The number of sulfonamides is 1. The Morgan fingerprint density at radius 3 is 2.36 bits per heavy atom. The van der Waals surface area contributed by atoms with E-state index in [2.05, 4.69) is 15.2 Å². The van der Waals surface area contributed by atoms with Gasteiger partial charge in [-0.25, -0.2) is 12.8 Å². The lowest BCUT2D eigenvalue weighted by Crippen LogP contribution is -2.59. The summed E-state index contributed by atoms with van der Waals surface area (Å²) in [6, 6.07) is 12.4. The third-order valence-electron chi connectivity index (χ3n) is 6.62. The second-order valence-corrected chi connectivity index (χ2v) is 11.0. The number of rotatable bonds is 5. The van der Waals surface area contributed by atoms with Gasteiger partial charge in [0.05, 0.1) is 16.3 Å². The van der Waals surface area contributed by atoms with E-state index in [0.717, 1.165) is 11.1 Å². The van der Waals surface area contributed by atoms with E-state index >= 15 is 0 Å². The van der Waals surface area contributed by atoms with E-state index in [4.69, 9.17) is 0 Å². The Balaban J connectivity index is 1.17. The maximum atomic E-state index is 13.6. The van der Waals surface area contributed by atoms with Crippen LogP contribution in [0.4, 0.5) is 15.8 Å². The summed E-state index contributed by atoms with van der Waals surface area (Å²) < 4.78 is 40.7. The molecule has 1 N–H and O–H groups in total. The van der Waals surface area contributed by atoms with E-state index in [1.165, 1.54) is 35.5 Å². The second-order valence-electron chi connectivity index (χ2n) is 9.03. The number of aromatic nitrogens is 1. The molecule has 0 bridgehead atoms. The largest absolute Gasteiger partial charge is 0.367 e. The molecule has 11 heteroatoms. The number of piperazine rings is 1. The third kappa shape index (κ3) is 4.63. The van der Waals surface area contributed by atoms with Crippen LogP contribution in [0.15, 0.2) is 59.6 Å². The lowest BCUT2D eigenvalue weighted by molar-refractivity contribution is -0.139. The van der Waals surface area contributed by atoms with Gasteiger partial charge < -0.3 is 15.1 Å². The SMILES string of the molecule is CC(=O)Nc1ccc(S(=O)(=O)N2CC(C(=O)N3CCN(c4ccnc5cc(F)ccc45)CC3)C2)cc1.